The lowest BCUT2D eigenvalue weighted by atomic mass is 10.2. The predicted octanol–water partition coefficient (Wildman–Crippen LogP) is 3.39. The van der Waals surface area contributed by atoms with Gasteiger partial charge in [0.15, 0.2) is 5.58 Å². The molecule has 56 valence electrons. The maximum atomic E-state index is 5.88. The van der Waals surface area contributed by atoms with Crippen LogP contribution in [0.15, 0.2) is 28.7 Å². The zero-order valence-electron chi connectivity index (χ0n) is 6.10. The minimum atomic E-state index is 0.676. The van der Waals surface area contributed by atoms with Gasteiger partial charge in [0.1, 0.15) is 5.76 Å². The second-order valence-corrected chi connectivity index (χ2v) is 2.92. The van der Waals surface area contributed by atoms with Crippen LogP contribution >= 0.6 is 11.6 Å². The Bertz CT molecular complexity index is 389. The van der Waals surface area contributed by atoms with Gasteiger partial charge in [-0.15, -0.1) is 0 Å². The van der Waals surface area contributed by atoms with Crippen molar-refractivity contribution >= 4 is 22.6 Å². The van der Waals surface area contributed by atoms with Gasteiger partial charge < -0.3 is 4.42 Å². The Labute approximate surface area is 69.6 Å². The molecule has 0 spiro atoms. The predicted molar refractivity (Wildman–Crippen MR) is 46.0 cm³/mol. The number of para-hydroxylation sites is 1. The first-order valence-corrected chi connectivity index (χ1v) is 3.80. The molecule has 11 heavy (non-hydrogen) atoms. The molecule has 0 radical (unpaired) electrons. The minimum Gasteiger partial charge on any atom is -0.460 e. The van der Waals surface area contributed by atoms with E-state index in [2.05, 4.69) is 0 Å². The van der Waals surface area contributed by atoms with Crippen LogP contribution in [-0.2, 0) is 0 Å². The third-order valence-electron chi connectivity index (χ3n) is 1.62. The Hall–Kier alpha value is -0.950. The summed E-state index contributed by atoms with van der Waals surface area (Å²) < 4.78 is 5.37. The van der Waals surface area contributed by atoms with E-state index < -0.39 is 0 Å². The van der Waals surface area contributed by atoms with Gasteiger partial charge in [-0.3, -0.25) is 0 Å². The molecule has 0 bridgehead atoms. The van der Waals surface area contributed by atoms with E-state index in [0.29, 0.717) is 5.02 Å². The molecule has 0 aliphatic heterocycles. The normalized spacial score (nSPS) is 10.7. The number of hydrogen-bond donors (Lipinski definition) is 0. The summed E-state index contributed by atoms with van der Waals surface area (Å²) in [6.45, 7) is 1.91. The average molecular weight is 167 g/mol. The zero-order chi connectivity index (χ0) is 7.84. The van der Waals surface area contributed by atoms with Crippen LogP contribution in [-0.4, -0.2) is 0 Å². The van der Waals surface area contributed by atoms with Gasteiger partial charge in [-0.25, -0.2) is 0 Å². The van der Waals surface area contributed by atoms with Gasteiger partial charge in [0.05, 0.1) is 5.02 Å². The van der Waals surface area contributed by atoms with Crippen LogP contribution in [0.25, 0.3) is 11.0 Å². The number of benzene rings is 1. The number of furan rings is 1. The molecule has 1 heterocycles. The highest BCUT2D eigenvalue weighted by molar-refractivity contribution is 6.34. The second-order valence-electron chi connectivity index (χ2n) is 2.52. The molecular formula is C9H7ClO. The van der Waals surface area contributed by atoms with E-state index in [-0.39, 0.29) is 0 Å². The van der Waals surface area contributed by atoms with E-state index in [1.807, 2.05) is 31.2 Å². The Morgan fingerprint density at radius 1 is 1.36 bits per heavy atom. The Balaban J connectivity index is 2.90. The lowest BCUT2D eigenvalue weighted by Gasteiger charge is -1.88. The highest BCUT2D eigenvalue weighted by Crippen LogP contribution is 2.25. The SMILES string of the molecule is Cc1cc2cccc(Cl)c2o1. The highest BCUT2D eigenvalue weighted by atomic mass is 35.5. The Morgan fingerprint density at radius 3 is 2.91 bits per heavy atom. The van der Waals surface area contributed by atoms with Crippen LogP contribution in [0.1, 0.15) is 5.76 Å². The summed E-state index contributed by atoms with van der Waals surface area (Å²) in [6, 6.07) is 7.70. The molecule has 1 aromatic heterocycles. The zero-order valence-corrected chi connectivity index (χ0v) is 6.85. The first-order valence-electron chi connectivity index (χ1n) is 3.42. The van der Waals surface area contributed by atoms with E-state index in [4.69, 9.17) is 16.0 Å². The van der Waals surface area contributed by atoms with E-state index in [1.165, 1.54) is 0 Å². The largest absolute Gasteiger partial charge is 0.460 e. The number of rotatable bonds is 0. The van der Waals surface area contributed by atoms with Crippen molar-refractivity contribution in [3.8, 4) is 0 Å². The lowest BCUT2D eigenvalue weighted by molar-refractivity contribution is 0.578. The molecule has 0 aliphatic rings. The summed E-state index contributed by atoms with van der Waals surface area (Å²) in [5.74, 6) is 0.896. The summed E-state index contributed by atoms with van der Waals surface area (Å²) in [7, 11) is 0. The topological polar surface area (TPSA) is 13.1 Å². The van der Waals surface area contributed by atoms with Crippen LogP contribution < -0.4 is 0 Å². The van der Waals surface area contributed by atoms with Crippen molar-refractivity contribution in [3.05, 3.63) is 35.0 Å². The van der Waals surface area contributed by atoms with Gasteiger partial charge in [0, 0.05) is 5.39 Å². The molecule has 0 aliphatic carbocycles. The number of hydrogen-bond acceptors (Lipinski definition) is 1. The van der Waals surface area contributed by atoms with Gasteiger partial charge in [0.25, 0.3) is 0 Å². The summed E-state index contributed by atoms with van der Waals surface area (Å²) in [6.07, 6.45) is 0. The summed E-state index contributed by atoms with van der Waals surface area (Å²) in [5.41, 5.74) is 0.784. The van der Waals surface area contributed by atoms with Gasteiger partial charge in [-0.05, 0) is 19.1 Å². The van der Waals surface area contributed by atoms with Crippen LogP contribution in [0.2, 0.25) is 5.02 Å². The smallest absolute Gasteiger partial charge is 0.152 e. The molecule has 2 rings (SSSR count). The molecule has 0 amide bonds. The van der Waals surface area contributed by atoms with Crippen LogP contribution in [0, 0.1) is 6.92 Å². The number of fused-ring (bicyclic) bond motifs is 1. The molecule has 0 unspecified atom stereocenters. The summed E-state index contributed by atoms with van der Waals surface area (Å²) in [4.78, 5) is 0. The van der Waals surface area contributed by atoms with Crippen molar-refractivity contribution in [2.75, 3.05) is 0 Å². The van der Waals surface area contributed by atoms with Crippen LogP contribution in [0.4, 0.5) is 0 Å². The van der Waals surface area contributed by atoms with E-state index in [1.54, 1.807) is 0 Å². The Kier molecular flexibility index (Phi) is 1.40. The lowest BCUT2D eigenvalue weighted by Crippen LogP contribution is -1.63. The first-order chi connectivity index (χ1) is 5.27. The van der Waals surface area contributed by atoms with Crippen molar-refractivity contribution in [1.82, 2.24) is 0 Å². The van der Waals surface area contributed by atoms with Gasteiger partial charge >= 0.3 is 0 Å². The molecule has 0 saturated carbocycles. The molecule has 0 atom stereocenters. The minimum absolute atomic E-state index is 0.676. The standard InChI is InChI=1S/C9H7ClO/c1-6-5-7-3-2-4-8(10)9(7)11-6/h2-5H,1H3. The Morgan fingerprint density at radius 2 is 2.18 bits per heavy atom. The average Bonchev–Trinajstić information content (AvgIpc) is 2.31. The maximum absolute atomic E-state index is 5.88. The summed E-state index contributed by atoms with van der Waals surface area (Å²) >= 11 is 5.88. The third kappa shape index (κ3) is 1.02. The highest BCUT2D eigenvalue weighted by Gasteiger charge is 2.02. The number of halogens is 1. The van der Waals surface area contributed by atoms with Crippen molar-refractivity contribution in [1.29, 1.82) is 0 Å². The molecule has 0 fully saturated rings. The van der Waals surface area contributed by atoms with E-state index in [0.717, 1.165) is 16.7 Å². The van der Waals surface area contributed by atoms with Gasteiger partial charge in [0.2, 0.25) is 0 Å². The first kappa shape index (κ1) is 6.74. The molecule has 1 nitrogen and oxygen atoms in total. The monoisotopic (exact) mass is 166 g/mol. The molecular weight excluding hydrogens is 160 g/mol. The fourth-order valence-electron chi connectivity index (χ4n) is 1.16. The van der Waals surface area contributed by atoms with Gasteiger partial charge in [-0.1, -0.05) is 23.7 Å². The molecule has 2 aromatic rings. The summed E-state index contributed by atoms with van der Waals surface area (Å²) in [5, 5.41) is 1.74. The molecule has 2 heteroatoms. The van der Waals surface area contributed by atoms with Crippen molar-refractivity contribution in [2.45, 2.75) is 6.92 Å². The quantitative estimate of drug-likeness (QED) is 0.585. The molecule has 0 N–H and O–H groups in total. The van der Waals surface area contributed by atoms with Crippen molar-refractivity contribution < 1.29 is 4.42 Å². The maximum Gasteiger partial charge on any atom is 0.152 e. The van der Waals surface area contributed by atoms with Crippen molar-refractivity contribution in [3.63, 3.8) is 0 Å². The third-order valence-corrected chi connectivity index (χ3v) is 1.92. The van der Waals surface area contributed by atoms with Crippen LogP contribution in [0.3, 0.4) is 0 Å². The van der Waals surface area contributed by atoms with Crippen molar-refractivity contribution in [2.24, 2.45) is 0 Å². The fourth-order valence-corrected chi connectivity index (χ4v) is 1.38. The molecule has 0 saturated heterocycles. The molecule has 1 aromatic carbocycles. The van der Waals surface area contributed by atoms with Gasteiger partial charge in [-0.2, -0.15) is 0 Å². The van der Waals surface area contributed by atoms with E-state index >= 15 is 0 Å². The van der Waals surface area contributed by atoms with Crippen LogP contribution in [0.5, 0.6) is 0 Å². The fraction of sp³-hybridized carbons (Fsp3) is 0.111. The second kappa shape index (κ2) is 2.28. The van der Waals surface area contributed by atoms with E-state index in [9.17, 15) is 0 Å². The number of aryl methyl sites for hydroxylation is 1.